The van der Waals surface area contributed by atoms with Crippen LogP contribution in [0.5, 0.6) is 0 Å². The van der Waals surface area contributed by atoms with Gasteiger partial charge in [0.05, 0.1) is 4.91 Å². The maximum absolute atomic E-state index is 11.8. The number of amides is 1. The van der Waals surface area contributed by atoms with Crippen LogP contribution in [0, 0.1) is 6.92 Å². The zero-order valence-corrected chi connectivity index (χ0v) is 12.2. The summed E-state index contributed by atoms with van der Waals surface area (Å²) in [5.41, 5.74) is 3.23. The van der Waals surface area contributed by atoms with Crippen molar-refractivity contribution in [1.29, 1.82) is 0 Å². The first-order valence-electron chi connectivity index (χ1n) is 5.83. The van der Waals surface area contributed by atoms with E-state index in [1.54, 1.807) is 0 Å². The number of nitrogens with zero attached hydrogens (tertiary/aromatic N) is 1. The van der Waals surface area contributed by atoms with Gasteiger partial charge >= 0.3 is 0 Å². The number of benzene rings is 1. The van der Waals surface area contributed by atoms with Crippen LogP contribution in [0.15, 0.2) is 34.2 Å². The molecule has 0 unspecified atom stereocenters. The van der Waals surface area contributed by atoms with Crippen molar-refractivity contribution in [2.24, 2.45) is 4.99 Å². The van der Waals surface area contributed by atoms with Crippen LogP contribution < -0.4 is 0 Å². The van der Waals surface area contributed by atoms with Crippen LogP contribution in [0.2, 0.25) is 0 Å². The van der Waals surface area contributed by atoms with Gasteiger partial charge in [0.1, 0.15) is 4.38 Å². The van der Waals surface area contributed by atoms with E-state index < -0.39 is 0 Å². The Hall–Kier alpha value is -1.46. The molecule has 0 bridgehead atoms. The Morgan fingerprint density at radius 1 is 1.37 bits per heavy atom. The zero-order chi connectivity index (χ0) is 13.4. The lowest BCUT2D eigenvalue weighted by Crippen LogP contribution is -1.88. The number of H-pyrrole nitrogens is 1. The van der Waals surface area contributed by atoms with Crippen LogP contribution in [-0.2, 0) is 4.79 Å². The maximum Gasteiger partial charge on any atom is 0.285 e. The molecule has 2 heterocycles. The van der Waals surface area contributed by atoms with Gasteiger partial charge in [0, 0.05) is 22.2 Å². The molecule has 96 valence electrons. The van der Waals surface area contributed by atoms with Gasteiger partial charge in [-0.1, -0.05) is 30.0 Å². The minimum absolute atomic E-state index is 0.140. The molecule has 0 atom stereocenters. The van der Waals surface area contributed by atoms with Gasteiger partial charge in [-0.25, -0.2) is 0 Å². The first-order valence-corrected chi connectivity index (χ1v) is 7.87. The summed E-state index contributed by atoms with van der Waals surface area (Å²) in [4.78, 5) is 19.8. The second-order valence-electron chi connectivity index (χ2n) is 4.21. The largest absolute Gasteiger partial charge is 0.358 e. The lowest BCUT2D eigenvalue weighted by molar-refractivity contribution is -0.113. The number of aromatic nitrogens is 1. The fraction of sp³-hybridized carbons (Fsp3) is 0.143. The Bertz CT molecular complexity index is 728. The monoisotopic (exact) mass is 288 g/mol. The molecule has 0 radical (unpaired) electrons. The highest BCUT2D eigenvalue weighted by atomic mass is 32.2. The van der Waals surface area contributed by atoms with Gasteiger partial charge < -0.3 is 4.98 Å². The number of aromatic amines is 1. The Morgan fingerprint density at radius 2 is 2.16 bits per heavy atom. The van der Waals surface area contributed by atoms with E-state index in [4.69, 9.17) is 0 Å². The van der Waals surface area contributed by atoms with E-state index in [0.717, 1.165) is 26.5 Å². The molecule has 0 saturated carbocycles. The van der Waals surface area contributed by atoms with Crippen LogP contribution >= 0.6 is 23.5 Å². The number of hydrogen-bond acceptors (Lipinski definition) is 3. The van der Waals surface area contributed by atoms with Gasteiger partial charge in [0.15, 0.2) is 0 Å². The highest BCUT2D eigenvalue weighted by Gasteiger charge is 2.21. The highest BCUT2D eigenvalue weighted by molar-refractivity contribution is 8.40. The van der Waals surface area contributed by atoms with Gasteiger partial charge in [-0.15, -0.1) is 11.8 Å². The second-order valence-corrected chi connectivity index (χ2v) is 6.29. The summed E-state index contributed by atoms with van der Waals surface area (Å²) in [6, 6.07) is 8.11. The second kappa shape index (κ2) is 4.90. The number of rotatable bonds is 1. The number of para-hydroxylation sites is 1. The van der Waals surface area contributed by atoms with Crippen LogP contribution in [0.4, 0.5) is 0 Å². The van der Waals surface area contributed by atoms with Crippen LogP contribution in [0.25, 0.3) is 17.0 Å². The van der Waals surface area contributed by atoms with Crippen molar-refractivity contribution < 1.29 is 4.79 Å². The Labute approximate surface area is 119 Å². The van der Waals surface area contributed by atoms with E-state index >= 15 is 0 Å². The predicted molar refractivity (Wildman–Crippen MR) is 84.6 cm³/mol. The number of aliphatic imine (C=N–C) groups is 1. The van der Waals surface area contributed by atoms with Crippen LogP contribution in [-0.4, -0.2) is 21.5 Å². The van der Waals surface area contributed by atoms with Gasteiger partial charge in [0.25, 0.3) is 5.91 Å². The molecule has 1 aliphatic rings. The standard InChI is InChI=1S/C14H12N2OS2/c1-8-10(9-5-3-4-6-11(9)15-8)7-12-13(17)16-14(18-2)19-12/h3-7,15H,1-2H3/b12-7+. The summed E-state index contributed by atoms with van der Waals surface area (Å²) in [5.74, 6) is -0.140. The summed E-state index contributed by atoms with van der Waals surface area (Å²) in [5, 5.41) is 1.14. The van der Waals surface area contributed by atoms with Gasteiger partial charge in [-0.05, 0) is 25.3 Å². The number of thioether (sulfide) groups is 2. The van der Waals surface area contributed by atoms with Gasteiger partial charge in [0.2, 0.25) is 0 Å². The van der Waals surface area contributed by atoms with E-state index in [0.29, 0.717) is 4.91 Å². The Morgan fingerprint density at radius 3 is 2.89 bits per heavy atom. The van der Waals surface area contributed by atoms with Crippen molar-refractivity contribution in [2.45, 2.75) is 6.92 Å². The van der Waals surface area contributed by atoms with Crippen molar-refractivity contribution >= 4 is 50.8 Å². The predicted octanol–water partition coefficient (Wildman–Crippen LogP) is 3.81. The molecular formula is C14H12N2OS2. The van der Waals surface area contributed by atoms with E-state index in [9.17, 15) is 4.79 Å². The van der Waals surface area contributed by atoms with Gasteiger partial charge in [-0.2, -0.15) is 4.99 Å². The third-order valence-corrected chi connectivity index (χ3v) is 4.96. The van der Waals surface area contributed by atoms with Crippen molar-refractivity contribution in [3.63, 3.8) is 0 Å². The molecule has 1 amide bonds. The molecule has 0 spiro atoms. The molecule has 2 aromatic rings. The lowest BCUT2D eigenvalue weighted by Gasteiger charge is -1.96. The minimum atomic E-state index is -0.140. The highest BCUT2D eigenvalue weighted by Crippen LogP contribution is 2.34. The smallest absolute Gasteiger partial charge is 0.285 e. The third-order valence-electron chi connectivity index (χ3n) is 2.99. The molecule has 0 saturated heterocycles. The number of nitrogens with one attached hydrogen (secondary N) is 1. The number of fused-ring (bicyclic) bond motifs is 1. The van der Waals surface area contributed by atoms with E-state index in [2.05, 4.69) is 16.0 Å². The van der Waals surface area contributed by atoms with Crippen molar-refractivity contribution in [2.75, 3.05) is 6.26 Å². The van der Waals surface area contributed by atoms with Crippen LogP contribution in [0.1, 0.15) is 11.3 Å². The molecule has 1 aliphatic heterocycles. The maximum atomic E-state index is 11.8. The summed E-state index contributed by atoms with van der Waals surface area (Å²) in [6.45, 7) is 2.02. The Balaban J connectivity index is 2.07. The lowest BCUT2D eigenvalue weighted by atomic mass is 10.1. The molecule has 1 N–H and O–H groups in total. The van der Waals surface area contributed by atoms with E-state index in [1.165, 1.54) is 23.5 Å². The fourth-order valence-electron chi connectivity index (χ4n) is 2.09. The van der Waals surface area contributed by atoms with Gasteiger partial charge in [-0.3, -0.25) is 4.79 Å². The molecule has 19 heavy (non-hydrogen) atoms. The van der Waals surface area contributed by atoms with Crippen molar-refractivity contribution in [3.8, 4) is 0 Å². The molecular weight excluding hydrogens is 276 g/mol. The normalized spacial score (nSPS) is 17.5. The number of carbonyl (C=O) groups excluding carboxylic acids is 1. The SMILES string of the molecule is CSC1=NC(=O)/C(=C\c2c(C)[nH]c3ccccc23)S1. The summed E-state index contributed by atoms with van der Waals surface area (Å²) >= 11 is 2.95. The molecule has 0 fully saturated rings. The van der Waals surface area contributed by atoms with Crippen molar-refractivity contribution in [1.82, 2.24) is 4.98 Å². The molecule has 3 rings (SSSR count). The van der Waals surface area contributed by atoms with E-state index in [1.807, 2.05) is 37.5 Å². The number of hydrogen-bond donors (Lipinski definition) is 1. The quantitative estimate of drug-likeness (QED) is 0.812. The molecule has 0 aliphatic carbocycles. The van der Waals surface area contributed by atoms with Crippen molar-refractivity contribution in [3.05, 3.63) is 40.4 Å². The first-order chi connectivity index (χ1) is 9.19. The summed E-state index contributed by atoms with van der Waals surface area (Å²) in [6.07, 6.45) is 3.87. The number of aryl methyl sites for hydroxylation is 1. The van der Waals surface area contributed by atoms with E-state index in [-0.39, 0.29) is 5.91 Å². The minimum Gasteiger partial charge on any atom is -0.358 e. The average molecular weight is 288 g/mol. The molecule has 1 aromatic heterocycles. The Kier molecular flexibility index (Phi) is 3.24. The third kappa shape index (κ3) is 2.24. The summed E-state index contributed by atoms with van der Waals surface area (Å²) < 4.78 is 0.814. The molecule has 3 nitrogen and oxygen atoms in total. The fourth-order valence-corrected chi connectivity index (χ4v) is 3.50. The molecule has 1 aromatic carbocycles. The topological polar surface area (TPSA) is 45.2 Å². The zero-order valence-electron chi connectivity index (χ0n) is 10.6. The number of carbonyl (C=O) groups is 1. The first kappa shape index (κ1) is 12.6. The molecule has 5 heteroatoms. The van der Waals surface area contributed by atoms with Crippen LogP contribution in [0.3, 0.4) is 0 Å². The average Bonchev–Trinajstić information content (AvgIpc) is 2.92. The summed E-state index contributed by atoms with van der Waals surface area (Å²) in [7, 11) is 0.